The van der Waals surface area contributed by atoms with E-state index in [2.05, 4.69) is 37.0 Å². The van der Waals surface area contributed by atoms with Gasteiger partial charge in [-0.2, -0.15) is 0 Å². The molecule has 2 N–H and O–H groups in total. The molecule has 102 valence electrons. The molecule has 3 aromatic rings. The largest absolute Gasteiger partial charge is 0.330 e. The lowest BCUT2D eigenvalue weighted by molar-refractivity contribution is 0.936. The summed E-state index contributed by atoms with van der Waals surface area (Å²) in [5, 5.41) is 0. The van der Waals surface area contributed by atoms with Crippen LogP contribution in [0, 0.1) is 13.8 Å². The minimum absolute atomic E-state index is 0.607. The fourth-order valence-corrected chi connectivity index (χ4v) is 2.45. The highest BCUT2D eigenvalue weighted by molar-refractivity contribution is 5.79. The fraction of sp³-hybridized carbons (Fsp3) is 0.250. The third-order valence-electron chi connectivity index (χ3n) is 3.50. The monoisotopic (exact) mass is 266 g/mol. The number of nitrogens with zero attached hydrogens (tertiary/aromatic N) is 3. The third-order valence-corrected chi connectivity index (χ3v) is 3.50. The van der Waals surface area contributed by atoms with Crippen LogP contribution in [0.1, 0.15) is 16.8 Å². The van der Waals surface area contributed by atoms with Crippen LogP contribution in [0.3, 0.4) is 0 Å². The Hall–Kier alpha value is -2.20. The van der Waals surface area contributed by atoms with E-state index in [9.17, 15) is 0 Å². The van der Waals surface area contributed by atoms with Crippen LogP contribution >= 0.6 is 0 Å². The van der Waals surface area contributed by atoms with Gasteiger partial charge in [-0.05, 0) is 31.5 Å². The van der Waals surface area contributed by atoms with E-state index in [-0.39, 0.29) is 0 Å². The second-order valence-electron chi connectivity index (χ2n) is 5.13. The number of fused-ring (bicyclic) bond motifs is 1. The van der Waals surface area contributed by atoms with Gasteiger partial charge in [-0.15, -0.1) is 0 Å². The standard InChI is InChI=1S/C16H18N4/c1-11-3-4-12(2)14(7-11)15-8-18-10-20-9-13(5-6-17)19-16(15)20/h3-4,7-10H,5-6,17H2,1-2H3. The molecule has 0 fully saturated rings. The Morgan fingerprint density at radius 3 is 2.85 bits per heavy atom. The van der Waals surface area contributed by atoms with E-state index in [0.717, 1.165) is 23.3 Å². The second-order valence-corrected chi connectivity index (χ2v) is 5.13. The molecule has 0 aliphatic carbocycles. The molecule has 20 heavy (non-hydrogen) atoms. The highest BCUT2D eigenvalue weighted by atomic mass is 15.0. The van der Waals surface area contributed by atoms with Crippen LogP contribution in [-0.2, 0) is 6.42 Å². The van der Waals surface area contributed by atoms with Gasteiger partial charge in [0.15, 0.2) is 0 Å². The number of imidazole rings is 1. The molecule has 4 heteroatoms. The molecule has 0 saturated carbocycles. The van der Waals surface area contributed by atoms with Crippen molar-refractivity contribution in [1.29, 1.82) is 0 Å². The van der Waals surface area contributed by atoms with E-state index in [1.54, 1.807) is 6.33 Å². The van der Waals surface area contributed by atoms with Crippen molar-refractivity contribution in [3.63, 3.8) is 0 Å². The van der Waals surface area contributed by atoms with Gasteiger partial charge in [0.2, 0.25) is 0 Å². The zero-order valence-corrected chi connectivity index (χ0v) is 11.8. The van der Waals surface area contributed by atoms with Gasteiger partial charge in [0.05, 0.1) is 5.69 Å². The van der Waals surface area contributed by atoms with Crippen LogP contribution in [0.4, 0.5) is 0 Å². The zero-order valence-electron chi connectivity index (χ0n) is 11.8. The van der Waals surface area contributed by atoms with Crippen LogP contribution in [0.25, 0.3) is 16.8 Å². The lowest BCUT2D eigenvalue weighted by Crippen LogP contribution is -2.02. The first-order chi connectivity index (χ1) is 9.69. The summed E-state index contributed by atoms with van der Waals surface area (Å²) in [5.41, 5.74) is 12.3. The van der Waals surface area contributed by atoms with Crippen molar-refractivity contribution < 1.29 is 0 Å². The molecule has 2 heterocycles. The highest BCUT2D eigenvalue weighted by Crippen LogP contribution is 2.27. The van der Waals surface area contributed by atoms with Crippen molar-refractivity contribution in [3.05, 3.63) is 53.7 Å². The molecule has 0 unspecified atom stereocenters. The number of hydrogen-bond acceptors (Lipinski definition) is 3. The molecule has 0 aliphatic rings. The van der Waals surface area contributed by atoms with Crippen molar-refractivity contribution in [3.8, 4) is 11.1 Å². The van der Waals surface area contributed by atoms with Crippen LogP contribution in [-0.4, -0.2) is 20.9 Å². The van der Waals surface area contributed by atoms with Gasteiger partial charge in [-0.3, -0.25) is 4.40 Å². The van der Waals surface area contributed by atoms with Gasteiger partial charge in [-0.25, -0.2) is 9.97 Å². The topological polar surface area (TPSA) is 56.2 Å². The van der Waals surface area contributed by atoms with Crippen molar-refractivity contribution in [2.75, 3.05) is 6.54 Å². The lowest BCUT2D eigenvalue weighted by Gasteiger charge is -2.08. The Balaban J connectivity index is 2.22. The average Bonchev–Trinajstić information content (AvgIpc) is 2.84. The Labute approximate surface area is 118 Å². The Morgan fingerprint density at radius 2 is 2.05 bits per heavy atom. The number of benzene rings is 1. The quantitative estimate of drug-likeness (QED) is 0.792. The average molecular weight is 266 g/mol. The summed E-state index contributed by atoms with van der Waals surface area (Å²) in [4.78, 5) is 9.02. The predicted molar refractivity (Wildman–Crippen MR) is 80.7 cm³/mol. The molecule has 0 spiro atoms. The number of rotatable bonds is 3. The normalized spacial score (nSPS) is 11.2. The van der Waals surface area contributed by atoms with Crippen LogP contribution in [0.15, 0.2) is 36.9 Å². The number of hydrogen-bond donors (Lipinski definition) is 1. The van der Waals surface area contributed by atoms with E-state index in [4.69, 9.17) is 10.7 Å². The highest BCUT2D eigenvalue weighted by Gasteiger charge is 2.10. The van der Waals surface area contributed by atoms with E-state index < -0.39 is 0 Å². The van der Waals surface area contributed by atoms with Crippen molar-refractivity contribution in [1.82, 2.24) is 14.4 Å². The maximum atomic E-state index is 5.61. The summed E-state index contributed by atoms with van der Waals surface area (Å²) < 4.78 is 1.97. The maximum absolute atomic E-state index is 5.61. The van der Waals surface area contributed by atoms with Crippen LogP contribution < -0.4 is 5.73 Å². The Bertz CT molecular complexity index is 758. The molecular formula is C16H18N4. The first-order valence-corrected chi connectivity index (χ1v) is 6.78. The summed E-state index contributed by atoms with van der Waals surface area (Å²) in [6.07, 6.45) is 6.46. The van der Waals surface area contributed by atoms with E-state index in [1.165, 1.54) is 16.7 Å². The van der Waals surface area contributed by atoms with Crippen molar-refractivity contribution in [2.45, 2.75) is 20.3 Å². The van der Waals surface area contributed by atoms with Gasteiger partial charge < -0.3 is 5.73 Å². The van der Waals surface area contributed by atoms with Gasteiger partial charge >= 0.3 is 0 Å². The molecule has 1 aromatic carbocycles. The molecule has 2 aromatic heterocycles. The molecular weight excluding hydrogens is 248 g/mol. The molecule has 3 rings (SSSR count). The summed E-state index contributed by atoms with van der Waals surface area (Å²) >= 11 is 0. The van der Waals surface area contributed by atoms with E-state index in [0.29, 0.717) is 6.54 Å². The minimum Gasteiger partial charge on any atom is -0.330 e. The Kier molecular flexibility index (Phi) is 3.24. The molecule has 0 bridgehead atoms. The summed E-state index contributed by atoms with van der Waals surface area (Å²) in [6.45, 7) is 4.82. The first-order valence-electron chi connectivity index (χ1n) is 6.78. The SMILES string of the molecule is Cc1ccc(C)c(-c2cncn3cc(CCN)nc23)c1. The zero-order chi connectivity index (χ0) is 14.1. The number of nitrogens with two attached hydrogens (primary N) is 1. The first kappa shape index (κ1) is 12.8. The molecule has 4 nitrogen and oxygen atoms in total. The predicted octanol–water partition coefficient (Wildman–Crippen LogP) is 2.51. The van der Waals surface area contributed by atoms with Gasteiger partial charge in [-0.1, -0.05) is 23.8 Å². The maximum Gasteiger partial charge on any atom is 0.147 e. The molecule has 0 atom stereocenters. The fourth-order valence-electron chi connectivity index (χ4n) is 2.45. The smallest absolute Gasteiger partial charge is 0.147 e. The summed E-state index contributed by atoms with van der Waals surface area (Å²) in [5.74, 6) is 0. The number of aryl methyl sites for hydroxylation is 2. The minimum atomic E-state index is 0.607. The lowest BCUT2D eigenvalue weighted by atomic mass is 10.0. The summed E-state index contributed by atoms with van der Waals surface area (Å²) in [6, 6.07) is 6.44. The Morgan fingerprint density at radius 1 is 1.20 bits per heavy atom. The molecule has 0 saturated heterocycles. The number of aromatic nitrogens is 3. The van der Waals surface area contributed by atoms with Crippen LogP contribution in [0.2, 0.25) is 0 Å². The van der Waals surface area contributed by atoms with Crippen molar-refractivity contribution in [2.24, 2.45) is 5.73 Å². The van der Waals surface area contributed by atoms with E-state index >= 15 is 0 Å². The second kappa shape index (κ2) is 5.06. The molecule has 0 amide bonds. The molecule has 0 radical (unpaired) electrons. The summed E-state index contributed by atoms with van der Waals surface area (Å²) in [7, 11) is 0. The van der Waals surface area contributed by atoms with Gasteiger partial charge in [0.25, 0.3) is 0 Å². The van der Waals surface area contributed by atoms with Gasteiger partial charge in [0.1, 0.15) is 12.0 Å². The molecule has 0 aliphatic heterocycles. The third kappa shape index (κ3) is 2.18. The van der Waals surface area contributed by atoms with Crippen LogP contribution in [0.5, 0.6) is 0 Å². The van der Waals surface area contributed by atoms with Gasteiger partial charge in [0, 0.05) is 24.4 Å². The van der Waals surface area contributed by atoms with E-state index in [1.807, 2.05) is 16.8 Å². The van der Waals surface area contributed by atoms with Crippen molar-refractivity contribution >= 4 is 5.65 Å².